The molecule has 3 aromatic carbocycles. The molecule has 0 aromatic heterocycles. The van der Waals surface area contributed by atoms with Gasteiger partial charge in [-0.2, -0.15) is 0 Å². The summed E-state index contributed by atoms with van der Waals surface area (Å²) >= 11 is 0. The first kappa shape index (κ1) is 16.4. The molecule has 136 valence electrons. The highest BCUT2D eigenvalue weighted by molar-refractivity contribution is 6.12. The van der Waals surface area contributed by atoms with Crippen molar-refractivity contribution in [2.45, 2.75) is 39.3 Å². The third-order valence-electron chi connectivity index (χ3n) is 6.13. The average Bonchev–Trinajstić information content (AvgIpc) is 2.67. The standard InChI is InChI=1S/C24H23NO2/c1-14-7-8-17-18(9-14)19-10-15(2)23(27-3)12-21(19)20-11-16-5-4-6-24(26)25(16)13-22(17)20/h4-5,7-10,12,16H,6,11,13H2,1-3H3. The van der Waals surface area contributed by atoms with E-state index in [0.717, 1.165) is 17.7 Å². The lowest BCUT2D eigenvalue weighted by Crippen LogP contribution is -2.45. The van der Waals surface area contributed by atoms with Crippen LogP contribution in [-0.2, 0) is 17.8 Å². The number of amides is 1. The number of benzene rings is 3. The number of fused-ring (bicyclic) bond motifs is 7. The maximum absolute atomic E-state index is 12.5. The summed E-state index contributed by atoms with van der Waals surface area (Å²) in [7, 11) is 1.73. The molecule has 3 heteroatoms. The Kier molecular flexibility index (Phi) is 3.55. The van der Waals surface area contributed by atoms with Gasteiger partial charge in [0.15, 0.2) is 0 Å². The van der Waals surface area contributed by atoms with Crippen molar-refractivity contribution in [2.24, 2.45) is 0 Å². The Balaban J connectivity index is 1.88. The molecule has 0 spiro atoms. The first-order valence-corrected chi connectivity index (χ1v) is 9.55. The summed E-state index contributed by atoms with van der Waals surface area (Å²) in [5.74, 6) is 1.16. The molecule has 0 aliphatic carbocycles. The summed E-state index contributed by atoms with van der Waals surface area (Å²) in [5.41, 5.74) is 5.06. The molecule has 0 saturated heterocycles. The predicted molar refractivity (Wildman–Crippen MR) is 109 cm³/mol. The van der Waals surface area contributed by atoms with Gasteiger partial charge in [-0.05, 0) is 70.6 Å². The average molecular weight is 357 g/mol. The number of carbonyl (C=O) groups excluding carboxylic acids is 1. The molecule has 2 aliphatic rings. The summed E-state index contributed by atoms with van der Waals surface area (Å²) in [6.07, 6.45) is 5.60. The Morgan fingerprint density at radius 2 is 1.81 bits per heavy atom. The first-order chi connectivity index (χ1) is 13.1. The lowest BCUT2D eigenvalue weighted by atomic mass is 9.83. The largest absolute Gasteiger partial charge is 0.496 e. The van der Waals surface area contributed by atoms with Crippen LogP contribution in [0, 0.1) is 13.8 Å². The fourth-order valence-corrected chi connectivity index (χ4v) is 4.76. The van der Waals surface area contributed by atoms with E-state index in [1.807, 2.05) is 11.0 Å². The van der Waals surface area contributed by atoms with E-state index in [-0.39, 0.29) is 11.9 Å². The van der Waals surface area contributed by atoms with Gasteiger partial charge >= 0.3 is 0 Å². The summed E-state index contributed by atoms with van der Waals surface area (Å²) in [5, 5.41) is 5.09. The van der Waals surface area contributed by atoms with Crippen LogP contribution in [0.2, 0.25) is 0 Å². The fourth-order valence-electron chi connectivity index (χ4n) is 4.76. The molecule has 0 radical (unpaired) electrons. The second-order valence-corrected chi connectivity index (χ2v) is 7.80. The lowest BCUT2D eigenvalue weighted by molar-refractivity contribution is -0.133. The van der Waals surface area contributed by atoms with Gasteiger partial charge in [-0.15, -0.1) is 0 Å². The van der Waals surface area contributed by atoms with E-state index >= 15 is 0 Å². The van der Waals surface area contributed by atoms with E-state index in [1.165, 1.54) is 38.2 Å². The number of hydrogen-bond donors (Lipinski definition) is 0. The third kappa shape index (κ3) is 2.38. The van der Waals surface area contributed by atoms with Crippen LogP contribution in [0.1, 0.15) is 28.7 Å². The summed E-state index contributed by atoms with van der Waals surface area (Å²) in [6, 6.07) is 11.3. The molecule has 0 bridgehead atoms. The third-order valence-corrected chi connectivity index (χ3v) is 6.13. The predicted octanol–water partition coefficient (Wildman–Crippen LogP) is 4.83. The Morgan fingerprint density at radius 1 is 1.00 bits per heavy atom. The van der Waals surface area contributed by atoms with Gasteiger partial charge in [0, 0.05) is 13.0 Å². The summed E-state index contributed by atoms with van der Waals surface area (Å²) < 4.78 is 5.63. The number of carbonyl (C=O) groups is 1. The highest BCUT2D eigenvalue weighted by Crippen LogP contribution is 2.41. The molecule has 0 fully saturated rings. The molecule has 3 aromatic rings. The highest BCUT2D eigenvalue weighted by Gasteiger charge is 2.32. The molecule has 3 nitrogen and oxygen atoms in total. The molecule has 0 N–H and O–H groups in total. The van der Waals surface area contributed by atoms with Crippen molar-refractivity contribution in [3.05, 3.63) is 64.7 Å². The number of ether oxygens (including phenoxy) is 1. The van der Waals surface area contributed by atoms with Gasteiger partial charge in [0.1, 0.15) is 5.75 Å². The van der Waals surface area contributed by atoms with Crippen molar-refractivity contribution < 1.29 is 9.53 Å². The number of rotatable bonds is 1. The molecule has 1 unspecified atom stereocenters. The van der Waals surface area contributed by atoms with Crippen LogP contribution < -0.4 is 4.74 Å². The zero-order valence-corrected chi connectivity index (χ0v) is 16.0. The van der Waals surface area contributed by atoms with Crippen molar-refractivity contribution in [1.82, 2.24) is 4.90 Å². The second kappa shape index (κ2) is 5.85. The number of aryl methyl sites for hydroxylation is 2. The van der Waals surface area contributed by atoms with Gasteiger partial charge in [-0.1, -0.05) is 35.9 Å². The molecule has 2 heterocycles. The van der Waals surface area contributed by atoms with Gasteiger partial charge in [0.2, 0.25) is 5.91 Å². The maximum atomic E-state index is 12.5. The SMILES string of the molecule is COc1cc2c3c(c4ccc(C)cc4c2cc1C)CN1C(=O)CC=CC1C3. The van der Waals surface area contributed by atoms with E-state index in [0.29, 0.717) is 13.0 Å². The fraction of sp³-hybridized carbons (Fsp3) is 0.292. The van der Waals surface area contributed by atoms with Gasteiger partial charge in [-0.3, -0.25) is 4.79 Å². The van der Waals surface area contributed by atoms with Crippen LogP contribution in [0.5, 0.6) is 5.75 Å². The normalized spacial score (nSPS) is 18.7. The zero-order valence-electron chi connectivity index (χ0n) is 16.0. The second-order valence-electron chi connectivity index (χ2n) is 7.80. The van der Waals surface area contributed by atoms with Crippen molar-refractivity contribution in [1.29, 1.82) is 0 Å². The maximum Gasteiger partial charge on any atom is 0.227 e. The lowest BCUT2D eigenvalue weighted by Gasteiger charge is -2.38. The van der Waals surface area contributed by atoms with E-state index in [4.69, 9.17) is 4.74 Å². The minimum Gasteiger partial charge on any atom is -0.496 e. The highest BCUT2D eigenvalue weighted by atomic mass is 16.5. The van der Waals surface area contributed by atoms with E-state index in [2.05, 4.69) is 50.3 Å². The van der Waals surface area contributed by atoms with Crippen LogP contribution >= 0.6 is 0 Å². The minimum absolute atomic E-state index is 0.164. The van der Waals surface area contributed by atoms with Gasteiger partial charge in [-0.25, -0.2) is 0 Å². The molecule has 1 atom stereocenters. The Morgan fingerprint density at radius 3 is 2.63 bits per heavy atom. The van der Waals surface area contributed by atoms with Crippen LogP contribution in [0.3, 0.4) is 0 Å². The van der Waals surface area contributed by atoms with Crippen molar-refractivity contribution in [3.8, 4) is 5.75 Å². The summed E-state index contributed by atoms with van der Waals surface area (Å²) in [6.45, 7) is 4.93. The molecule has 5 rings (SSSR count). The van der Waals surface area contributed by atoms with Gasteiger partial charge in [0.25, 0.3) is 0 Å². The monoisotopic (exact) mass is 357 g/mol. The first-order valence-electron chi connectivity index (χ1n) is 9.55. The quantitative estimate of drug-likeness (QED) is 0.461. The van der Waals surface area contributed by atoms with Crippen LogP contribution in [-0.4, -0.2) is 24.0 Å². The number of nitrogens with zero attached hydrogens (tertiary/aromatic N) is 1. The molecule has 27 heavy (non-hydrogen) atoms. The molecule has 1 amide bonds. The van der Waals surface area contributed by atoms with Gasteiger partial charge < -0.3 is 9.64 Å². The van der Waals surface area contributed by atoms with Gasteiger partial charge in [0.05, 0.1) is 13.2 Å². The van der Waals surface area contributed by atoms with Crippen LogP contribution in [0.25, 0.3) is 21.5 Å². The molecular weight excluding hydrogens is 334 g/mol. The van der Waals surface area contributed by atoms with E-state index in [1.54, 1.807) is 7.11 Å². The topological polar surface area (TPSA) is 29.5 Å². The summed E-state index contributed by atoms with van der Waals surface area (Å²) in [4.78, 5) is 14.5. The Labute approximate surface area is 159 Å². The van der Waals surface area contributed by atoms with Crippen molar-refractivity contribution in [3.63, 3.8) is 0 Å². The van der Waals surface area contributed by atoms with Crippen molar-refractivity contribution >= 4 is 27.5 Å². The minimum atomic E-state index is 0.164. The van der Waals surface area contributed by atoms with E-state index in [9.17, 15) is 4.79 Å². The van der Waals surface area contributed by atoms with Crippen molar-refractivity contribution in [2.75, 3.05) is 7.11 Å². The molecular formula is C24H23NO2. The molecule has 0 saturated carbocycles. The molecule has 2 aliphatic heterocycles. The van der Waals surface area contributed by atoms with Crippen LogP contribution in [0.15, 0.2) is 42.5 Å². The zero-order chi connectivity index (χ0) is 18.7. The smallest absolute Gasteiger partial charge is 0.227 e. The number of hydrogen-bond acceptors (Lipinski definition) is 2. The number of methoxy groups -OCH3 is 1. The Hall–Kier alpha value is -2.81. The Bertz CT molecular complexity index is 1140. The van der Waals surface area contributed by atoms with Crippen LogP contribution in [0.4, 0.5) is 0 Å². The van der Waals surface area contributed by atoms with E-state index < -0.39 is 0 Å².